The average Bonchev–Trinajstić information content (AvgIpc) is 2.93. The molecular formula is C35H58O5. The van der Waals surface area contributed by atoms with E-state index >= 15 is 0 Å². The van der Waals surface area contributed by atoms with Gasteiger partial charge in [0.15, 0.2) is 0 Å². The van der Waals surface area contributed by atoms with E-state index in [9.17, 15) is 10.2 Å². The molecule has 2 rings (SSSR count). The van der Waals surface area contributed by atoms with E-state index in [4.69, 9.17) is 14.2 Å². The number of aliphatic hydroxyl groups is 2. The van der Waals surface area contributed by atoms with Crippen LogP contribution in [0.1, 0.15) is 92.2 Å². The molecular weight excluding hydrogens is 500 g/mol. The van der Waals surface area contributed by atoms with E-state index in [0.29, 0.717) is 19.1 Å². The van der Waals surface area contributed by atoms with Crippen LogP contribution in [0.4, 0.5) is 0 Å². The lowest BCUT2D eigenvalue weighted by Crippen LogP contribution is -2.34. The lowest BCUT2D eigenvalue weighted by Gasteiger charge is -2.33. The van der Waals surface area contributed by atoms with Crippen molar-refractivity contribution in [2.75, 3.05) is 20.8 Å². The Labute approximate surface area is 245 Å². The van der Waals surface area contributed by atoms with Crippen molar-refractivity contribution in [2.45, 2.75) is 106 Å². The fourth-order valence-corrected chi connectivity index (χ4v) is 5.13. The number of unbranched alkanes of at least 4 members (excludes halogenated alkanes) is 1. The standard InChI is InChI=1S/C18H30O2.C17H28O3/c1-14(2)17(19)18(3,4)12-7-6-9-15-10-8-11-16(13-15)20-5;1-13(2)16(18)17(3,4)9-10-20-12-14-7-6-8-15(11-14)19-5/h8,10-11,13-14,17,19H,6-7,9,12H2,1-5H3;6-8,11,13,16,18H,9-10,12H2,1-5H3. The van der Waals surface area contributed by atoms with Gasteiger partial charge in [0, 0.05) is 6.61 Å². The topological polar surface area (TPSA) is 68.2 Å². The monoisotopic (exact) mass is 558 g/mol. The largest absolute Gasteiger partial charge is 0.497 e. The molecule has 0 saturated carbocycles. The molecule has 0 heterocycles. The van der Waals surface area contributed by atoms with E-state index in [1.165, 1.54) is 5.56 Å². The summed E-state index contributed by atoms with van der Waals surface area (Å²) < 4.78 is 16.1. The fraction of sp³-hybridized carbons (Fsp3) is 0.657. The summed E-state index contributed by atoms with van der Waals surface area (Å²) in [5, 5.41) is 20.4. The molecule has 5 nitrogen and oxygen atoms in total. The van der Waals surface area contributed by atoms with Crippen molar-refractivity contribution >= 4 is 0 Å². The van der Waals surface area contributed by atoms with Gasteiger partial charge in [0.05, 0.1) is 33.0 Å². The van der Waals surface area contributed by atoms with E-state index in [-0.39, 0.29) is 29.0 Å². The number of aliphatic hydroxyl groups excluding tert-OH is 2. The molecule has 0 aliphatic heterocycles. The van der Waals surface area contributed by atoms with Crippen LogP contribution in [0.3, 0.4) is 0 Å². The van der Waals surface area contributed by atoms with Gasteiger partial charge in [0.2, 0.25) is 0 Å². The van der Waals surface area contributed by atoms with Gasteiger partial charge in [-0.3, -0.25) is 0 Å². The van der Waals surface area contributed by atoms with Gasteiger partial charge in [-0.25, -0.2) is 0 Å². The van der Waals surface area contributed by atoms with Gasteiger partial charge in [0.25, 0.3) is 0 Å². The summed E-state index contributed by atoms with van der Waals surface area (Å²) >= 11 is 0. The second-order valence-corrected chi connectivity index (χ2v) is 13.1. The third kappa shape index (κ3) is 13.1. The number of rotatable bonds is 16. The fourth-order valence-electron chi connectivity index (χ4n) is 5.13. The highest BCUT2D eigenvalue weighted by Crippen LogP contribution is 2.32. The molecule has 2 aromatic rings. The van der Waals surface area contributed by atoms with Crippen molar-refractivity contribution < 1.29 is 24.4 Å². The first kappa shape index (κ1) is 35.9. The van der Waals surface area contributed by atoms with Gasteiger partial charge < -0.3 is 24.4 Å². The first-order valence-electron chi connectivity index (χ1n) is 14.9. The van der Waals surface area contributed by atoms with Crippen LogP contribution in [0, 0.1) is 22.7 Å². The zero-order chi connectivity index (χ0) is 30.3. The maximum absolute atomic E-state index is 10.2. The van der Waals surface area contributed by atoms with Crippen molar-refractivity contribution in [3.63, 3.8) is 0 Å². The van der Waals surface area contributed by atoms with Crippen LogP contribution in [0.25, 0.3) is 0 Å². The van der Waals surface area contributed by atoms with Crippen molar-refractivity contribution in [3.05, 3.63) is 59.7 Å². The predicted molar refractivity (Wildman–Crippen MR) is 167 cm³/mol. The molecule has 228 valence electrons. The Morgan fingerprint density at radius 1 is 0.675 bits per heavy atom. The van der Waals surface area contributed by atoms with Gasteiger partial charge in [-0.2, -0.15) is 0 Å². The summed E-state index contributed by atoms with van der Waals surface area (Å²) in [4.78, 5) is 0. The molecule has 0 aliphatic rings. The number of ether oxygens (including phenoxy) is 3. The van der Waals surface area contributed by atoms with Gasteiger partial charge in [-0.1, -0.05) is 86.1 Å². The second kappa shape index (κ2) is 17.7. The normalized spacial score (nSPS) is 13.6. The number of hydrogen-bond acceptors (Lipinski definition) is 5. The molecule has 5 heteroatoms. The Kier molecular flexibility index (Phi) is 15.9. The Balaban J connectivity index is 0.000000400. The highest BCUT2D eigenvalue weighted by Gasteiger charge is 2.30. The number of hydrogen-bond donors (Lipinski definition) is 2. The maximum Gasteiger partial charge on any atom is 0.119 e. The Hall–Kier alpha value is -2.08. The van der Waals surface area contributed by atoms with Crippen LogP contribution in [-0.4, -0.2) is 43.2 Å². The van der Waals surface area contributed by atoms with Gasteiger partial charge in [-0.15, -0.1) is 0 Å². The molecule has 0 aliphatic carbocycles. The first-order chi connectivity index (χ1) is 18.7. The van der Waals surface area contributed by atoms with Crippen LogP contribution < -0.4 is 9.47 Å². The molecule has 0 bridgehead atoms. The van der Waals surface area contributed by atoms with Crippen LogP contribution in [0.5, 0.6) is 11.5 Å². The molecule has 0 fully saturated rings. The molecule has 0 saturated heterocycles. The Morgan fingerprint density at radius 3 is 1.65 bits per heavy atom. The smallest absolute Gasteiger partial charge is 0.119 e. The summed E-state index contributed by atoms with van der Waals surface area (Å²) in [6, 6.07) is 16.2. The lowest BCUT2D eigenvalue weighted by molar-refractivity contribution is -0.0126. The molecule has 2 unspecified atom stereocenters. The van der Waals surface area contributed by atoms with Gasteiger partial charge in [-0.05, 0) is 83.7 Å². The molecule has 0 aromatic heterocycles. The van der Waals surface area contributed by atoms with E-state index in [0.717, 1.165) is 49.2 Å². The summed E-state index contributed by atoms with van der Waals surface area (Å²) in [6.07, 6.45) is 4.76. The van der Waals surface area contributed by atoms with E-state index in [1.807, 2.05) is 50.2 Å². The van der Waals surface area contributed by atoms with Crippen LogP contribution >= 0.6 is 0 Å². The Morgan fingerprint density at radius 2 is 1.15 bits per heavy atom. The highest BCUT2D eigenvalue weighted by atomic mass is 16.5. The van der Waals surface area contributed by atoms with E-state index < -0.39 is 0 Å². The first-order valence-corrected chi connectivity index (χ1v) is 14.9. The minimum atomic E-state index is -0.303. The predicted octanol–water partition coefficient (Wildman–Crippen LogP) is 8.10. The summed E-state index contributed by atoms with van der Waals surface area (Å²) in [5.41, 5.74) is 2.31. The minimum absolute atomic E-state index is 0.00252. The van der Waals surface area contributed by atoms with Gasteiger partial charge >= 0.3 is 0 Å². The molecule has 2 aromatic carbocycles. The third-order valence-electron chi connectivity index (χ3n) is 7.83. The molecule has 0 spiro atoms. The minimum Gasteiger partial charge on any atom is -0.497 e. The zero-order valence-corrected chi connectivity index (χ0v) is 27.0. The van der Waals surface area contributed by atoms with Crippen molar-refractivity contribution in [1.82, 2.24) is 0 Å². The SMILES string of the molecule is COc1cccc(CCCCC(C)(C)C(O)C(C)C)c1.COc1cccc(COCCC(C)(C)C(O)C(C)C)c1. The van der Waals surface area contributed by atoms with Crippen LogP contribution in [0.15, 0.2) is 48.5 Å². The van der Waals surface area contributed by atoms with Crippen molar-refractivity contribution in [3.8, 4) is 11.5 Å². The summed E-state index contributed by atoms with van der Waals surface area (Å²) in [7, 11) is 3.37. The van der Waals surface area contributed by atoms with Gasteiger partial charge in [0.1, 0.15) is 11.5 Å². The molecule has 0 radical (unpaired) electrons. The van der Waals surface area contributed by atoms with Crippen molar-refractivity contribution in [2.24, 2.45) is 22.7 Å². The highest BCUT2D eigenvalue weighted by molar-refractivity contribution is 5.28. The lowest BCUT2D eigenvalue weighted by atomic mass is 9.77. The molecule has 2 atom stereocenters. The van der Waals surface area contributed by atoms with E-state index in [2.05, 4.69) is 53.7 Å². The zero-order valence-electron chi connectivity index (χ0n) is 27.0. The Bertz CT molecular complexity index is 873. The summed E-state index contributed by atoms with van der Waals surface area (Å²) in [6.45, 7) is 18.0. The number of benzene rings is 2. The number of aryl methyl sites for hydroxylation is 1. The van der Waals surface area contributed by atoms with E-state index in [1.54, 1.807) is 14.2 Å². The molecule has 0 amide bonds. The van der Waals surface area contributed by atoms with Crippen molar-refractivity contribution in [1.29, 1.82) is 0 Å². The second-order valence-electron chi connectivity index (χ2n) is 13.1. The average molecular weight is 559 g/mol. The quantitative estimate of drug-likeness (QED) is 0.204. The van der Waals surface area contributed by atoms with Crippen LogP contribution in [0.2, 0.25) is 0 Å². The third-order valence-corrected chi connectivity index (χ3v) is 7.83. The maximum atomic E-state index is 10.2. The molecule has 2 N–H and O–H groups in total. The molecule has 40 heavy (non-hydrogen) atoms. The summed E-state index contributed by atoms with van der Waals surface area (Å²) in [5.74, 6) is 2.37. The van der Waals surface area contributed by atoms with Crippen LogP contribution in [-0.2, 0) is 17.8 Å². The number of methoxy groups -OCH3 is 2.